The molecule has 0 aromatic heterocycles. The average molecular weight is 231 g/mol. The third-order valence-electron chi connectivity index (χ3n) is 3.51. The first-order chi connectivity index (χ1) is 8.34. The molecule has 92 valence electrons. The first kappa shape index (κ1) is 12.2. The van der Waals surface area contributed by atoms with Gasteiger partial charge in [-0.3, -0.25) is 4.79 Å². The molecule has 0 radical (unpaired) electrons. The molecule has 1 N–H and O–H groups in total. The lowest BCUT2D eigenvalue weighted by Crippen LogP contribution is -2.16. The summed E-state index contributed by atoms with van der Waals surface area (Å²) in [5.74, 6) is 0.768. The van der Waals surface area contributed by atoms with Crippen molar-refractivity contribution < 1.29 is 4.79 Å². The Hall–Kier alpha value is -1.31. The molecular weight excluding hydrogens is 210 g/mol. The third-order valence-corrected chi connectivity index (χ3v) is 3.51. The third kappa shape index (κ3) is 4.22. The van der Waals surface area contributed by atoms with Crippen LogP contribution in [0.25, 0.3) is 0 Å². The summed E-state index contributed by atoms with van der Waals surface area (Å²) in [5, 5.41) is 2.97. The molecule has 1 aliphatic rings. The molecule has 0 atom stereocenters. The zero-order chi connectivity index (χ0) is 11.9. The highest BCUT2D eigenvalue weighted by Gasteiger charge is 2.15. The van der Waals surface area contributed by atoms with Crippen molar-refractivity contribution in [1.29, 1.82) is 0 Å². The monoisotopic (exact) mass is 231 g/mol. The normalized spacial score (nSPS) is 17.4. The van der Waals surface area contributed by atoms with Crippen LogP contribution in [0.1, 0.15) is 44.9 Å². The van der Waals surface area contributed by atoms with E-state index in [1.54, 1.807) is 0 Å². The van der Waals surface area contributed by atoms with Gasteiger partial charge >= 0.3 is 0 Å². The zero-order valence-corrected chi connectivity index (χ0v) is 10.3. The van der Waals surface area contributed by atoms with Crippen LogP contribution in [-0.4, -0.2) is 5.91 Å². The van der Waals surface area contributed by atoms with Crippen molar-refractivity contribution >= 4 is 11.6 Å². The number of hydrogen-bond acceptors (Lipinski definition) is 1. The minimum absolute atomic E-state index is 0.170. The Morgan fingerprint density at radius 2 is 1.71 bits per heavy atom. The van der Waals surface area contributed by atoms with Gasteiger partial charge in [0.05, 0.1) is 0 Å². The fourth-order valence-electron chi connectivity index (χ4n) is 2.56. The summed E-state index contributed by atoms with van der Waals surface area (Å²) in [5.41, 5.74) is 0.908. The van der Waals surface area contributed by atoms with Gasteiger partial charge in [-0.15, -0.1) is 0 Å². The number of rotatable bonds is 3. The maximum absolute atomic E-state index is 11.9. The van der Waals surface area contributed by atoms with E-state index in [0.717, 1.165) is 5.69 Å². The Kier molecular flexibility index (Phi) is 4.60. The lowest BCUT2D eigenvalue weighted by Gasteiger charge is -2.13. The van der Waals surface area contributed by atoms with E-state index in [1.165, 1.54) is 38.5 Å². The number of nitrogens with one attached hydrogen (secondary N) is 1. The van der Waals surface area contributed by atoms with E-state index < -0.39 is 0 Å². The van der Waals surface area contributed by atoms with Gasteiger partial charge in [-0.1, -0.05) is 43.9 Å². The van der Waals surface area contributed by atoms with E-state index in [1.807, 2.05) is 30.3 Å². The number of amides is 1. The summed E-state index contributed by atoms with van der Waals surface area (Å²) < 4.78 is 0. The van der Waals surface area contributed by atoms with Crippen LogP contribution in [-0.2, 0) is 4.79 Å². The Bertz CT molecular complexity index is 339. The van der Waals surface area contributed by atoms with Crippen molar-refractivity contribution in [2.24, 2.45) is 5.92 Å². The summed E-state index contributed by atoms with van der Waals surface area (Å²) in [6, 6.07) is 9.72. The highest BCUT2D eigenvalue weighted by atomic mass is 16.1. The van der Waals surface area contributed by atoms with E-state index >= 15 is 0 Å². The second-order valence-corrected chi connectivity index (χ2v) is 4.98. The van der Waals surface area contributed by atoms with Crippen LogP contribution in [0.15, 0.2) is 30.3 Å². The van der Waals surface area contributed by atoms with Gasteiger partial charge < -0.3 is 5.32 Å². The molecule has 1 aliphatic carbocycles. The highest BCUT2D eigenvalue weighted by molar-refractivity contribution is 5.90. The van der Waals surface area contributed by atoms with Crippen LogP contribution in [0.4, 0.5) is 5.69 Å². The number of hydrogen-bond donors (Lipinski definition) is 1. The summed E-state index contributed by atoms with van der Waals surface area (Å²) >= 11 is 0. The highest BCUT2D eigenvalue weighted by Crippen LogP contribution is 2.25. The van der Waals surface area contributed by atoms with Gasteiger partial charge in [0, 0.05) is 12.1 Å². The predicted octanol–water partition coefficient (Wildman–Crippen LogP) is 3.99. The summed E-state index contributed by atoms with van der Waals surface area (Å²) in [7, 11) is 0. The van der Waals surface area contributed by atoms with Gasteiger partial charge in [0.15, 0.2) is 0 Å². The summed E-state index contributed by atoms with van der Waals surface area (Å²) in [4.78, 5) is 11.9. The molecule has 1 amide bonds. The van der Waals surface area contributed by atoms with E-state index in [-0.39, 0.29) is 5.91 Å². The second-order valence-electron chi connectivity index (χ2n) is 4.98. The number of carbonyl (C=O) groups is 1. The fourth-order valence-corrected chi connectivity index (χ4v) is 2.56. The molecule has 0 unspecified atom stereocenters. The molecule has 17 heavy (non-hydrogen) atoms. The van der Waals surface area contributed by atoms with Crippen LogP contribution >= 0.6 is 0 Å². The number of carbonyl (C=O) groups excluding carboxylic acids is 1. The molecule has 2 nitrogen and oxygen atoms in total. The molecule has 1 aromatic rings. The van der Waals surface area contributed by atoms with E-state index in [9.17, 15) is 4.79 Å². The quantitative estimate of drug-likeness (QED) is 0.783. The molecular formula is C15H21NO. The molecule has 2 rings (SSSR count). The first-order valence-electron chi connectivity index (χ1n) is 6.69. The molecule has 1 aromatic carbocycles. The lowest BCUT2D eigenvalue weighted by atomic mass is 9.96. The zero-order valence-electron chi connectivity index (χ0n) is 10.3. The van der Waals surface area contributed by atoms with Crippen molar-refractivity contribution in [3.8, 4) is 0 Å². The standard InChI is InChI=1S/C15H21NO/c17-15(16-14-10-6-3-7-11-14)12-13-8-4-1-2-5-9-13/h3,6-7,10-11,13H,1-2,4-5,8-9,12H2,(H,16,17). The maximum Gasteiger partial charge on any atom is 0.224 e. The largest absolute Gasteiger partial charge is 0.326 e. The molecule has 0 heterocycles. The molecule has 2 heteroatoms. The predicted molar refractivity (Wildman–Crippen MR) is 70.9 cm³/mol. The number of para-hydroxylation sites is 1. The first-order valence-corrected chi connectivity index (χ1v) is 6.69. The minimum Gasteiger partial charge on any atom is -0.326 e. The molecule has 0 bridgehead atoms. The van der Waals surface area contributed by atoms with Gasteiger partial charge in [0.1, 0.15) is 0 Å². The second kappa shape index (κ2) is 6.43. The van der Waals surface area contributed by atoms with Crippen molar-refractivity contribution in [2.75, 3.05) is 5.32 Å². The molecule has 1 fully saturated rings. The van der Waals surface area contributed by atoms with Crippen LogP contribution in [0, 0.1) is 5.92 Å². The summed E-state index contributed by atoms with van der Waals surface area (Å²) in [6.45, 7) is 0. The van der Waals surface area contributed by atoms with Gasteiger partial charge in [-0.05, 0) is 30.9 Å². The maximum atomic E-state index is 11.9. The smallest absolute Gasteiger partial charge is 0.224 e. The van der Waals surface area contributed by atoms with Crippen molar-refractivity contribution in [3.63, 3.8) is 0 Å². The summed E-state index contributed by atoms with van der Waals surface area (Å²) in [6.07, 6.45) is 8.42. The molecule has 1 saturated carbocycles. The van der Waals surface area contributed by atoms with Crippen LogP contribution in [0.3, 0.4) is 0 Å². The Morgan fingerprint density at radius 3 is 2.35 bits per heavy atom. The number of anilines is 1. The fraction of sp³-hybridized carbons (Fsp3) is 0.533. The van der Waals surface area contributed by atoms with Gasteiger partial charge in [0.25, 0.3) is 0 Å². The molecule has 0 saturated heterocycles. The molecule has 0 spiro atoms. The lowest BCUT2D eigenvalue weighted by molar-refractivity contribution is -0.117. The molecule has 0 aliphatic heterocycles. The van der Waals surface area contributed by atoms with Crippen LogP contribution in [0.2, 0.25) is 0 Å². The topological polar surface area (TPSA) is 29.1 Å². The van der Waals surface area contributed by atoms with Crippen molar-refractivity contribution in [3.05, 3.63) is 30.3 Å². The Balaban J connectivity index is 1.80. The van der Waals surface area contributed by atoms with E-state index in [4.69, 9.17) is 0 Å². The van der Waals surface area contributed by atoms with Gasteiger partial charge in [-0.2, -0.15) is 0 Å². The Morgan fingerprint density at radius 1 is 1.06 bits per heavy atom. The van der Waals surface area contributed by atoms with Crippen molar-refractivity contribution in [2.45, 2.75) is 44.9 Å². The van der Waals surface area contributed by atoms with Crippen molar-refractivity contribution in [1.82, 2.24) is 0 Å². The van der Waals surface area contributed by atoms with Crippen LogP contribution < -0.4 is 5.32 Å². The van der Waals surface area contributed by atoms with Gasteiger partial charge in [0.2, 0.25) is 5.91 Å². The average Bonchev–Trinajstić information content (AvgIpc) is 2.59. The Labute approximate surface area is 103 Å². The minimum atomic E-state index is 0.170. The van der Waals surface area contributed by atoms with E-state index in [2.05, 4.69) is 5.32 Å². The van der Waals surface area contributed by atoms with E-state index in [0.29, 0.717) is 12.3 Å². The number of benzene rings is 1. The van der Waals surface area contributed by atoms with Gasteiger partial charge in [-0.25, -0.2) is 0 Å². The SMILES string of the molecule is O=C(CC1CCCCCC1)Nc1ccccc1. The van der Waals surface area contributed by atoms with Crippen LogP contribution in [0.5, 0.6) is 0 Å².